The van der Waals surface area contributed by atoms with Crippen LogP contribution in [0.2, 0.25) is 0 Å². The molecule has 0 bridgehead atoms. The Hall–Kier alpha value is -0.860. The van der Waals surface area contributed by atoms with Crippen LogP contribution >= 0.6 is 0 Å². The third-order valence-corrected chi connectivity index (χ3v) is 4.33. The molecule has 0 aliphatic rings. The average molecular weight is 249 g/mol. The van der Waals surface area contributed by atoms with E-state index in [9.17, 15) is 0 Å². The molecule has 1 aromatic carbocycles. The van der Waals surface area contributed by atoms with E-state index in [0.29, 0.717) is 0 Å². The molecular formula is C16H27NO. The summed E-state index contributed by atoms with van der Waals surface area (Å²) >= 11 is 0. The fourth-order valence-corrected chi connectivity index (χ4v) is 2.12. The zero-order valence-corrected chi connectivity index (χ0v) is 12.7. The van der Waals surface area contributed by atoms with E-state index in [4.69, 9.17) is 5.11 Å². The fourth-order valence-electron chi connectivity index (χ4n) is 2.12. The summed E-state index contributed by atoms with van der Waals surface area (Å²) in [4.78, 5) is 2.32. The van der Waals surface area contributed by atoms with Gasteiger partial charge in [-0.05, 0) is 70.3 Å². The Labute approximate surface area is 112 Å². The van der Waals surface area contributed by atoms with Crippen molar-refractivity contribution in [2.75, 3.05) is 13.7 Å². The molecule has 18 heavy (non-hydrogen) atoms. The summed E-state index contributed by atoms with van der Waals surface area (Å²) in [7, 11) is 2.13. The second-order valence-electron chi connectivity index (χ2n) is 5.93. The molecule has 0 spiro atoms. The third kappa shape index (κ3) is 3.33. The summed E-state index contributed by atoms with van der Waals surface area (Å²) in [5, 5.41) is 9.13. The van der Waals surface area contributed by atoms with Crippen LogP contribution in [0.5, 0.6) is 0 Å². The van der Waals surface area contributed by atoms with Crippen molar-refractivity contribution in [2.24, 2.45) is 0 Å². The summed E-state index contributed by atoms with van der Waals surface area (Å²) in [5.74, 6) is 0. The van der Waals surface area contributed by atoms with Gasteiger partial charge in [-0.3, -0.25) is 4.90 Å². The first-order valence-electron chi connectivity index (χ1n) is 6.67. The lowest BCUT2D eigenvalue weighted by atomic mass is 9.95. The van der Waals surface area contributed by atoms with Crippen molar-refractivity contribution in [3.05, 3.63) is 34.4 Å². The number of nitrogens with zero attached hydrogens (tertiary/aromatic N) is 1. The summed E-state index contributed by atoms with van der Waals surface area (Å²) in [6.45, 7) is 12.1. The molecule has 0 saturated carbocycles. The van der Waals surface area contributed by atoms with Gasteiger partial charge in [0.2, 0.25) is 0 Å². The van der Waals surface area contributed by atoms with E-state index >= 15 is 0 Å². The quantitative estimate of drug-likeness (QED) is 0.866. The Bertz CT molecular complexity index is 410. The fraction of sp³-hybridized carbons (Fsp3) is 0.625. The lowest BCUT2D eigenvalue weighted by Crippen LogP contribution is -2.41. The van der Waals surface area contributed by atoms with Gasteiger partial charge in [-0.15, -0.1) is 0 Å². The summed E-state index contributed by atoms with van der Waals surface area (Å²) in [6, 6.07) is 4.42. The van der Waals surface area contributed by atoms with Crippen LogP contribution in [0.3, 0.4) is 0 Å². The van der Waals surface area contributed by atoms with Crippen LogP contribution < -0.4 is 0 Å². The van der Waals surface area contributed by atoms with Gasteiger partial charge in [-0.25, -0.2) is 0 Å². The van der Waals surface area contributed by atoms with E-state index in [-0.39, 0.29) is 12.1 Å². The van der Waals surface area contributed by atoms with Crippen LogP contribution in [0.1, 0.15) is 42.5 Å². The maximum Gasteiger partial charge on any atom is 0.0448 e. The van der Waals surface area contributed by atoms with Gasteiger partial charge in [0.1, 0.15) is 0 Å². The molecule has 1 rings (SSSR count). The zero-order chi connectivity index (χ0) is 13.9. The second kappa shape index (κ2) is 5.85. The number of hydrogen-bond acceptors (Lipinski definition) is 2. The second-order valence-corrected chi connectivity index (χ2v) is 5.93. The molecule has 102 valence electrons. The number of benzene rings is 1. The maximum atomic E-state index is 9.13. The Balaban J connectivity index is 2.89. The molecule has 0 aromatic heterocycles. The number of rotatable bonds is 5. The molecule has 1 N–H and O–H groups in total. The molecule has 0 saturated heterocycles. The van der Waals surface area contributed by atoms with Crippen molar-refractivity contribution in [3.8, 4) is 0 Å². The molecule has 2 nitrogen and oxygen atoms in total. The molecule has 0 heterocycles. The summed E-state index contributed by atoms with van der Waals surface area (Å²) in [6.07, 6.45) is 0.799. The number of hydrogen-bond donors (Lipinski definition) is 1. The van der Waals surface area contributed by atoms with E-state index in [2.05, 4.69) is 58.7 Å². The number of aliphatic hydroxyl groups is 1. The Morgan fingerprint density at radius 1 is 1.11 bits per heavy atom. The van der Waals surface area contributed by atoms with Crippen molar-refractivity contribution < 1.29 is 5.11 Å². The highest BCUT2D eigenvalue weighted by atomic mass is 16.3. The molecule has 0 aliphatic carbocycles. The highest BCUT2D eigenvalue weighted by Gasteiger charge is 2.23. The van der Waals surface area contributed by atoms with E-state index in [1.165, 1.54) is 22.3 Å². The molecule has 2 heteroatoms. The van der Waals surface area contributed by atoms with Crippen molar-refractivity contribution in [3.63, 3.8) is 0 Å². The predicted molar refractivity (Wildman–Crippen MR) is 77.9 cm³/mol. The van der Waals surface area contributed by atoms with Gasteiger partial charge >= 0.3 is 0 Å². The first kappa shape index (κ1) is 15.2. The molecule has 1 aromatic rings. The van der Waals surface area contributed by atoms with E-state index in [1.54, 1.807) is 0 Å². The molecular weight excluding hydrogens is 222 g/mol. The lowest BCUT2D eigenvalue weighted by molar-refractivity contribution is 0.110. The van der Waals surface area contributed by atoms with Crippen LogP contribution in [0.15, 0.2) is 12.1 Å². The van der Waals surface area contributed by atoms with Crippen molar-refractivity contribution >= 4 is 0 Å². The first-order valence-corrected chi connectivity index (χ1v) is 6.67. The molecule has 0 amide bonds. The normalized spacial score (nSPS) is 12.2. The Morgan fingerprint density at radius 3 is 2.28 bits per heavy atom. The van der Waals surface area contributed by atoms with Crippen molar-refractivity contribution in [1.82, 2.24) is 4.90 Å². The third-order valence-electron chi connectivity index (χ3n) is 4.33. The summed E-state index contributed by atoms with van der Waals surface area (Å²) < 4.78 is 0. The SMILES string of the molecule is Cc1ccc(CN(C)C(C)(C)CCO)c(C)c1C. The van der Waals surface area contributed by atoms with Gasteiger partial charge in [-0.2, -0.15) is 0 Å². The number of aliphatic hydroxyl groups excluding tert-OH is 1. The number of aryl methyl sites for hydroxylation is 1. The average Bonchev–Trinajstić information content (AvgIpc) is 2.29. The highest BCUT2D eigenvalue weighted by Crippen LogP contribution is 2.23. The van der Waals surface area contributed by atoms with Crippen molar-refractivity contribution in [1.29, 1.82) is 0 Å². The van der Waals surface area contributed by atoms with Crippen LogP contribution in [0.4, 0.5) is 0 Å². The van der Waals surface area contributed by atoms with Crippen LogP contribution in [0, 0.1) is 20.8 Å². The zero-order valence-electron chi connectivity index (χ0n) is 12.7. The molecule has 0 aliphatic heterocycles. The van der Waals surface area contributed by atoms with Crippen LogP contribution in [-0.4, -0.2) is 29.2 Å². The lowest BCUT2D eigenvalue weighted by Gasteiger charge is -2.35. The van der Waals surface area contributed by atoms with Gasteiger partial charge in [0.15, 0.2) is 0 Å². The monoisotopic (exact) mass is 249 g/mol. The van der Waals surface area contributed by atoms with Gasteiger partial charge in [0, 0.05) is 18.7 Å². The van der Waals surface area contributed by atoms with Crippen molar-refractivity contribution in [2.45, 2.75) is 53.1 Å². The first-order chi connectivity index (χ1) is 8.29. The standard InChI is InChI=1S/C16H27NO/c1-12-7-8-15(14(3)13(12)2)11-17(6)16(4,5)9-10-18/h7-8,18H,9-11H2,1-6H3. The minimum absolute atomic E-state index is 0.0278. The minimum Gasteiger partial charge on any atom is -0.396 e. The van der Waals surface area contributed by atoms with Crippen LogP contribution in [0.25, 0.3) is 0 Å². The van der Waals surface area contributed by atoms with Gasteiger partial charge in [0.25, 0.3) is 0 Å². The molecule has 0 fully saturated rings. The van der Waals surface area contributed by atoms with E-state index in [1.807, 2.05) is 0 Å². The topological polar surface area (TPSA) is 23.5 Å². The smallest absolute Gasteiger partial charge is 0.0448 e. The van der Waals surface area contributed by atoms with Gasteiger partial charge in [0.05, 0.1) is 0 Å². The highest BCUT2D eigenvalue weighted by molar-refractivity contribution is 5.38. The molecule has 0 atom stereocenters. The minimum atomic E-state index is 0.0278. The maximum absolute atomic E-state index is 9.13. The Kier molecular flexibility index (Phi) is 4.94. The predicted octanol–water partition coefficient (Wildman–Crippen LogP) is 3.20. The molecule has 0 radical (unpaired) electrons. The van der Waals surface area contributed by atoms with Crippen LogP contribution in [-0.2, 0) is 6.54 Å². The summed E-state index contributed by atoms with van der Waals surface area (Å²) in [5.41, 5.74) is 5.54. The molecule has 0 unspecified atom stereocenters. The van der Waals surface area contributed by atoms with E-state index < -0.39 is 0 Å². The largest absolute Gasteiger partial charge is 0.396 e. The van der Waals surface area contributed by atoms with E-state index in [0.717, 1.165) is 13.0 Å². The Morgan fingerprint density at radius 2 is 1.72 bits per heavy atom. The van der Waals surface area contributed by atoms with Gasteiger partial charge < -0.3 is 5.11 Å². The van der Waals surface area contributed by atoms with Gasteiger partial charge in [-0.1, -0.05) is 12.1 Å².